The summed E-state index contributed by atoms with van der Waals surface area (Å²) >= 11 is 0. The first-order valence-electron chi connectivity index (χ1n) is 8.84. The van der Waals surface area contributed by atoms with E-state index in [9.17, 15) is 9.59 Å². The van der Waals surface area contributed by atoms with E-state index in [1.807, 2.05) is 36.4 Å². The third kappa shape index (κ3) is 2.50. The molecule has 2 aromatic carbocycles. The van der Waals surface area contributed by atoms with Crippen molar-refractivity contribution in [2.24, 2.45) is 0 Å². The number of benzene rings is 2. The number of rotatable bonds is 6. The smallest absolute Gasteiger partial charge is 0.173 e. The number of carbonyl (C=O) groups excluding carboxylic acids is 2. The summed E-state index contributed by atoms with van der Waals surface area (Å²) < 4.78 is 0. The average Bonchev–Trinajstić information content (AvgIpc) is 2.60. The van der Waals surface area contributed by atoms with E-state index in [2.05, 4.69) is 19.9 Å². The maximum atomic E-state index is 12.7. The van der Waals surface area contributed by atoms with Crippen LogP contribution in [0.2, 0.25) is 0 Å². The first-order valence-corrected chi connectivity index (χ1v) is 8.84. The summed E-state index contributed by atoms with van der Waals surface area (Å²) in [6.07, 6.45) is 3.89. The van der Waals surface area contributed by atoms with E-state index in [-0.39, 0.29) is 11.2 Å². The molecule has 0 radical (unpaired) electrons. The molecule has 0 saturated carbocycles. The van der Waals surface area contributed by atoms with Crippen LogP contribution >= 0.6 is 0 Å². The Bertz CT molecular complexity index is 778. The maximum Gasteiger partial charge on any atom is 0.173 e. The molecule has 0 aromatic heterocycles. The summed E-state index contributed by atoms with van der Waals surface area (Å²) in [5.41, 5.74) is 4.76. The van der Waals surface area contributed by atoms with Gasteiger partial charge in [-0.2, -0.15) is 0 Å². The van der Waals surface area contributed by atoms with Crippen LogP contribution in [0.5, 0.6) is 0 Å². The van der Waals surface area contributed by atoms with Crippen molar-refractivity contribution in [3.63, 3.8) is 0 Å². The lowest BCUT2D eigenvalue weighted by Crippen LogP contribution is -2.46. The standard InChI is InChI=1S/C22H24O2/c1-4-12-22(13-5-2)20-14-18(10-11-19(20)21(22)24)17-8-6-16(7-9-17)15(3)23/h6-11,14H,4-5,12-13H2,1-3H3. The molecule has 124 valence electrons. The van der Waals surface area contributed by atoms with Crippen molar-refractivity contribution < 1.29 is 9.59 Å². The van der Waals surface area contributed by atoms with E-state index in [4.69, 9.17) is 0 Å². The predicted octanol–water partition coefficient (Wildman–Crippen LogP) is 5.59. The molecule has 2 aromatic rings. The van der Waals surface area contributed by atoms with E-state index in [0.29, 0.717) is 5.78 Å². The average molecular weight is 320 g/mol. The highest BCUT2D eigenvalue weighted by Gasteiger charge is 2.49. The monoisotopic (exact) mass is 320 g/mol. The van der Waals surface area contributed by atoms with Gasteiger partial charge in [-0.3, -0.25) is 9.59 Å². The van der Waals surface area contributed by atoms with Crippen LogP contribution in [0.3, 0.4) is 0 Å². The van der Waals surface area contributed by atoms with Crippen LogP contribution in [0, 0.1) is 0 Å². The van der Waals surface area contributed by atoms with Gasteiger partial charge in [0.05, 0.1) is 5.41 Å². The van der Waals surface area contributed by atoms with E-state index in [1.54, 1.807) is 6.92 Å². The summed E-state index contributed by atoms with van der Waals surface area (Å²) in [6.45, 7) is 5.87. The molecule has 0 bridgehead atoms. The molecule has 0 fully saturated rings. The second kappa shape index (κ2) is 6.35. The van der Waals surface area contributed by atoms with Crippen molar-refractivity contribution in [3.8, 4) is 11.1 Å². The van der Waals surface area contributed by atoms with E-state index in [1.165, 1.54) is 5.56 Å². The van der Waals surface area contributed by atoms with Gasteiger partial charge in [0, 0.05) is 11.1 Å². The molecule has 0 atom stereocenters. The zero-order valence-corrected chi connectivity index (χ0v) is 14.7. The Morgan fingerprint density at radius 1 is 0.917 bits per heavy atom. The molecule has 1 aliphatic rings. The molecular weight excluding hydrogens is 296 g/mol. The van der Waals surface area contributed by atoms with Gasteiger partial charge in [0.25, 0.3) is 0 Å². The summed E-state index contributed by atoms with van der Waals surface area (Å²) in [4.78, 5) is 24.1. The molecule has 2 heteroatoms. The summed E-state index contributed by atoms with van der Waals surface area (Å²) in [5, 5.41) is 0. The summed E-state index contributed by atoms with van der Waals surface area (Å²) in [5.74, 6) is 0.397. The van der Waals surface area contributed by atoms with Crippen molar-refractivity contribution in [1.29, 1.82) is 0 Å². The van der Waals surface area contributed by atoms with Gasteiger partial charge < -0.3 is 0 Å². The van der Waals surface area contributed by atoms with E-state index >= 15 is 0 Å². The van der Waals surface area contributed by atoms with Crippen LogP contribution in [0.25, 0.3) is 11.1 Å². The zero-order valence-electron chi connectivity index (χ0n) is 14.7. The molecule has 0 aliphatic heterocycles. The molecule has 0 unspecified atom stereocenters. The number of fused-ring (bicyclic) bond motifs is 1. The quantitative estimate of drug-likeness (QED) is 0.650. The third-order valence-electron chi connectivity index (χ3n) is 5.19. The fourth-order valence-corrected chi connectivity index (χ4v) is 4.01. The largest absolute Gasteiger partial charge is 0.295 e. The van der Waals surface area contributed by atoms with Crippen LogP contribution in [-0.2, 0) is 5.41 Å². The molecule has 0 N–H and O–H groups in total. The Hall–Kier alpha value is -2.22. The Morgan fingerprint density at radius 3 is 2.04 bits per heavy atom. The van der Waals surface area contributed by atoms with Crippen molar-refractivity contribution >= 4 is 11.6 Å². The van der Waals surface area contributed by atoms with Gasteiger partial charge in [-0.25, -0.2) is 0 Å². The zero-order chi connectivity index (χ0) is 17.3. The van der Waals surface area contributed by atoms with Gasteiger partial charge in [-0.1, -0.05) is 63.1 Å². The Balaban J connectivity index is 2.01. The molecule has 0 spiro atoms. The van der Waals surface area contributed by atoms with Gasteiger partial charge in [-0.15, -0.1) is 0 Å². The minimum atomic E-state index is -0.270. The van der Waals surface area contributed by atoms with Gasteiger partial charge >= 0.3 is 0 Å². The van der Waals surface area contributed by atoms with Gasteiger partial charge in [0.2, 0.25) is 0 Å². The minimum absolute atomic E-state index is 0.0780. The first kappa shape index (κ1) is 16.6. The molecule has 0 saturated heterocycles. The number of carbonyl (C=O) groups is 2. The van der Waals surface area contributed by atoms with Crippen molar-refractivity contribution in [2.75, 3.05) is 0 Å². The number of Topliss-reactive ketones (excluding diaryl/α,β-unsaturated/α-hetero) is 2. The van der Waals surface area contributed by atoms with Crippen LogP contribution in [0.15, 0.2) is 42.5 Å². The second-order valence-electron chi connectivity index (χ2n) is 6.81. The molecule has 2 nitrogen and oxygen atoms in total. The van der Waals surface area contributed by atoms with Crippen molar-refractivity contribution in [3.05, 3.63) is 59.2 Å². The number of ketones is 2. The lowest BCUT2D eigenvalue weighted by molar-refractivity contribution is 0.0807. The first-order chi connectivity index (χ1) is 11.5. The molecule has 3 rings (SSSR count). The summed E-state index contributed by atoms with van der Waals surface area (Å²) in [7, 11) is 0. The van der Waals surface area contributed by atoms with Gasteiger partial charge in [0.15, 0.2) is 11.6 Å². The number of hydrogen-bond acceptors (Lipinski definition) is 2. The fraction of sp³-hybridized carbons (Fsp3) is 0.364. The minimum Gasteiger partial charge on any atom is -0.295 e. The predicted molar refractivity (Wildman–Crippen MR) is 97.7 cm³/mol. The molecule has 24 heavy (non-hydrogen) atoms. The fourth-order valence-electron chi connectivity index (χ4n) is 4.01. The van der Waals surface area contributed by atoms with Crippen molar-refractivity contribution in [2.45, 2.75) is 51.9 Å². The van der Waals surface area contributed by atoms with Crippen molar-refractivity contribution in [1.82, 2.24) is 0 Å². The Kier molecular flexibility index (Phi) is 4.40. The Labute approximate surface area is 143 Å². The van der Waals surface area contributed by atoms with Gasteiger partial charge in [0.1, 0.15) is 0 Å². The van der Waals surface area contributed by atoms with Crippen LogP contribution in [0.4, 0.5) is 0 Å². The van der Waals surface area contributed by atoms with Gasteiger partial charge in [-0.05, 0) is 42.5 Å². The molecule has 0 heterocycles. The highest BCUT2D eigenvalue weighted by Crippen LogP contribution is 2.48. The van der Waals surface area contributed by atoms with E-state index < -0.39 is 0 Å². The normalized spacial score (nSPS) is 14.9. The lowest BCUT2D eigenvalue weighted by Gasteiger charge is -2.42. The lowest BCUT2D eigenvalue weighted by atomic mass is 9.58. The third-order valence-corrected chi connectivity index (χ3v) is 5.19. The second-order valence-corrected chi connectivity index (χ2v) is 6.81. The molecular formula is C22H24O2. The van der Waals surface area contributed by atoms with Crippen LogP contribution in [-0.4, -0.2) is 11.6 Å². The highest BCUT2D eigenvalue weighted by atomic mass is 16.1. The molecule has 0 amide bonds. The summed E-state index contributed by atoms with van der Waals surface area (Å²) in [6, 6.07) is 13.9. The van der Waals surface area contributed by atoms with E-state index in [0.717, 1.165) is 47.9 Å². The highest BCUT2D eigenvalue weighted by molar-refractivity contribution is 6.14. The topological polar surface area (TPSA) is 34.1 Å². The number of hydrogen-bond donors (Lipinski definition) is 0. The van der Waals surface area contributed by atoms with Crippen LogP contribution in [0.1, 0.15) is 72.7 Å². The molecule has 1 aliphatic carbocycles. The SMILES string of the molecule is CCCC1(CCC)C(=O)c2ccc(-c3ccc(C(C)=O)cc3)cc21. The Morgan fingerprint density at radius 2 is 1.50 bits per heavy atom. The van der Waals surface area contributed by atoms with Crippen LogP contribution < -0.4 is 0 Å². The maximum absolute atomic E-state index is 12.7.